The van der Waals surface area contributed by atoms with Gasteiger partial charge in [-0.2, -0.15) is 4.39 Å². The Hall–Kier alpha value is -3.03. The quantitative estimate of drug-likeness (QED) is 0.733. The monoisotopic (exact) mass is 332 g/mol. The molecule has 0 N–H and O–H groups in total. The highest BCUT2D eigenvalue weighted by Crippen LogP contribution is 2.28. The Labute approximate surface area is 135 Å². The second-order valence-corrected chi connectivity index (χ2v) is 5.23. The predicted molar refractivity (Wildman–Crippen MR) is 82.7 cm³/mol. The molecule has 0 unspecified atom stereocenters. The maximum Gasteiger partial charge on any atom is 0.250 e. The third kappa shape index (κ3) is 2.90. The van der Waals surface area contributed by atoms with Crippen molar-refractivity contribution in [1.82, 2.24) is 19.6 Å². The zero-order chi connectivity index (χ0) is 17.3. The summed E-state index contributed by atoms with van der Waals surface area (Å²) < 4.78 is 35.5. The smallest absolute Gasteiger partial charge is 0.250 e. The van der Waals surface area contributed by atoms with Crippen LogP contribution < -0.4 is 10.3 Å². The molecule has 0 spiro atoms. The number of aryl methyl sites for hydroxylation is 1. The Morgan fingerprint density at radius 3 is 2.71 bits per heavy atom. The van der Waals surface area contributed by atoms with Crippen LogP contribution in [0.1, 0.15) is 5.56 Å². The fourth-order valence-electron chi connectivity index (χ4n) is 2.26. The molecule has 3 rings (SSSR count). The minimum absolute atomic E-state index is 0.0106. The van der Waals surface area contributed by atoms with Crippen molar-refractivity contribution in [2.24, 2.45) is 7.05 Å². The normalized spacial score (nSPS) is 10.8. The lowest BCUT2D eigenvalue weighted by Crippen LogP contribution is -2.16. The number of aromatic nitrogens is 4. The molecule has 24 heavy (non-hydrogen) atoms. The highest BCUT2D eigenvalue weighted by Gasteiger charge is 2.17. The minimum atomic E-state index is -1.07. The van der Waals surface area contributed by atoms with Crippen LogP contribution in [0.25, 0.3) is 11.3 Å². The third-order valence-electron chi connectivity index (χ3n) is 3.59. The fraction of sp³-hybridized carbons (Fsp3) is 0.188. The first-order chi connectivity index (χ1) is 11.5. The van der Waals surface area contributed by atoms with E-state index in [9.17, 15) is 13.6 Å². The van der Waals surface area contributed by atoms with Crippen LogP contribution in [-0.4, -0.2) is 26.7 Å². The fourth-order valence-corrected chi connectivity index (χ4v) is 2.26. The molecule has 0 radical (unpaired) electrons. The molecular weight excluding hydrogens is 318 g/mol. The Morgan fingerprint density at radius 2 is 2.00 bits per heavy atom. The predicted octanol–water partition coefficient (Wildman–Crippen LogP) is 1.98. The number of ether oxygens (including phenoxy) is 1. The molecule has 0 saturated carbocycles. The van der Waals surface area contributed by atoms with E-state index in [0.29, 0.717) is 6.54 Å². The number of hydrogen-bond donors (Lipinski definition) is 0. The number of methoxy groups -OCH3 is 1. The molecule has 2 aromatic heterocycles. The number of benzene rings is 1. The highest BCUT2D eigenvalue weighted by atomic mass is 19.2. The second-order valence-electron chi connectivity index (χ2n) is 5.23. The summed E-state index contributed by atoms with van der Waals surface area (Å²) in [5.41, 5.74) is 0.772. The van der Waals surface area contributed by atoms with E-state index in [2.05, 4.69) is 10.3 Å². The lowest BCUT2D eigenvalue weighted by Gasteiger charge is -2.05. The van der Waals surface area contributed by atoms with Crippen LogP contribution in [0.3, 0.4) is 0 Å². The maximum atomic E-state index is 14.1. The topological polar surface area (TPSA) is 61.9 Å². The molecule has 0 aliphatic carbocycles. The summed E-state index contributed by atoms with van der Waals surface area (Å²) in [5, 5.41) is 7.75. The van der Waals surface area contributed by atoms with Gasteiger partial charge in [-0.25, -0.2) is 9.07 Å². The van der Waals surface area contributed by atoms with Gasteiger partial charge in [0.15, 0.2) is 11.6 Å². The molecule has 0 bridgehead atoms. The van der Waals surface area contributed by atoms with Gasteiger partial charge in [-0.1, -0.05) is 5.21 Å². The van der Waals surface area contributed by atoms with E-state index in [0.717, 1.165) is 5.56 Å². The summed E-state index contributed by atoms with van der Waals surface area (Å²) in [4.78, 5) is 11.6. The van der Waals surface area contributed by atoms with Crippen LogP contribution in [0.2, 0.25) is 0 Å². The first-order valence-corrected chi connectivity index (χ1v) is 7.07. The molecule has 0 aliphatic rings. The lowest BCUT2D eigenvalue weighted by atomic mass is 10.1. The van der Waals surface area contributed by atoms with Gasteiger partial charge in [-0.15, -0.1) is 5.10 Å². The van der Waals surface area contributed by atoms with Gasteiger partial charge in [0.25, 0.3) is 5.56 Å². The van der Waals surface area contributed by atoms with Crippen LogP contribution in [0, 0.1) is 11.6 Å². The average Bonchev–Trinajstić information content (AvgIpc) is 3.02. The van der Waals surface area contributed by atoms with E-state index in [1.807, 2.05) is 0 Å². The highest BCUT2D eigenvalue weighted by molar-refractivity contribution is 5.60. The Kier molecular flexibility index (Phi) is 4.11. The van der Waals surface area contributed by atoms with Gasteiger partial charge in [0.2, 0.25) is 5.82 Å². The summed E-state index contributed by atoms with van der Waals surface area (Å²) in [5.74, 6) is -2.30. The van der Waals surface area contributed by atoms with Gasteiger partial charge in [0.1, 0.15) is 5.69 Å². The molecule has 2 heterocycles. The number of nitrogens with zero attached hydrogens (tertiary/aromatic N) is 4. The Morgan fingerprint density at radius 1 is 1.21 bits per heavy atom. The zero-order valence-electron chi connectivity index (χ0n) is 13.0. The molecule has 0 fully saturated rings. The largest absolute Gasteiger partial charge is 0.494 e. The van der Waals surface area contributed by atoms with Crippen LogP contribution in [-0.2, 0) is 13.6 Å². The van der Waals surface area contributed by atoms with Crippen molar-refractivity contribution >= 4 is 0 Å². The van der Waals surface area contributed by atoms with Crippen molar-refractivity contribution < 1.29 is 13.5 Å². The first-order valence-electron chi connectivity index (χ1n) is 7.07. The van der Waals surface area contributed by atoms with Gasteiger partial charge < -0.3 is 9.30 Å². The number of rotatable bonds is 4. The van der Waals surface area contributed by atoms with E-state index in [1.54, 1.807) is 19.3 Å². The number of pyridine rings is 1. The van der Waals surface area contributed by atoms with E-state index in [-0.39, 0.29) is 22.6 Å². The summed E-state index contributed by atoms with van der Waals surface area (Å²) in [6.45, 7) is 0.295. The summed E-state index contributed by atoms with van der Waals surface area (Å²) >= 11 is 0. The van der Waals surface area contributed by atoms with Gasteiger partial charge >= 0.3 is 0 Å². The molecule has 8 heteroatoms. The summed E-state index contributed by atoms with van der Waals surface area (Å²) in [6.07, 6.45) is 3.13. The maximum absolute atomic E-state index is 14.1. The summed E-state index contributed by atoms with van der Waals surface area (Å²) in [7, 11) is 2.92. The molecule has 3 aromatic rings. The van der Waals surface area contributed by atoms with E-state index >= 15 is 0 Å². The Balaban J connectivity index is 1.89. The van der Waals surface area contributed by atoms with Crippen LogP contribution >= 0.6 is 0 Å². The number of hydrogen-bond acceptors (Lipinski definition) is 4. The van der Waals surface area contributed by atoms with Crippen molar-refractivity contribution in [2.45, 2.75) is 6.54 Å². The van der Waals surface area contributed by atoms with Crippen molar-refractivity contribution in [3.63, 3.8) is 0 Å². The van der Waals surface area contributed by atoms with E-state index in [1.165, 1.54) is 40.8 Å². The van der Waals surface area contributed by atoms with Crippen LogP contribution in [0.5, 0.6) is 5.75 Å². The van der Waals surface area contributed by atoms with Gasteiger partial charge in [0.05, 0.1) is 19.9 Å². The molecule has 0 saturated heterocycles. The van der Waals surface area contributed by atoms with Crippen molar-refractivity contribution in [3.8, 4) is 17.0 Å². The van der Waals surface area contributed by atoms with E-state index < -0.39 is 11.6 Å². The molecule has 0 atom stereocenters. The van der Waals surface area contributed by atoms with Crippen LogP contribution in [0.15, 0.2) is 41.5 Å². The molecule has 0 amide bonds. The van der Waals surface area contributed by atoms with Gasteiger partial charge in [-0.05, 0) is 23.8 Å². The van der Waals surface area contributed by atoms with Crippen LogP contribution in [0.4, 0.5) is 8.78 Å². The van der Waals surface area contributed by atoms with E-state index in [4.69, 9.17) is 4.74 Å². The van der Waals surface area contributed by atoms with Gasteiger partial charge in [0, 0.05) is 24.9 Å². The van der Waals surface area contributed by atoms with Crippen molar-refractivity contribution in [3.05, 3.63) is 64.2 Å². The summed E-state index contributed by atoms with van der Waals surface area (Å²) in [6, 6.07) is 5.96. The standard InChI is InChI=1S/C16H14F2N4O2/c1-21-6-5-10(7-14(21)23)8-22-9-12(19-20-22)11-3-4-13(24-2)16(18)15(11)17/h3-7,9H,8H2,1-2H3. The second kappa shape index (κ2) is 6.23. The zero-order valence-corrected chi connectivity index (χ0v) is 13.0. The molecular formula is C16H14F2N4O2. The lowest BCUT2D eigenvalue weighted by molar-refractivity contribution is 0.372. The Bertz CT molecular complexity index is 949. The average molecular weight is 332 g/mol. The van der Waals surface area contributed by atoms with Crippen molar-refractivity contribution in [2.75, 3.05) is 7.11 Å². The molecule has 124 valence electrons. The number of halogens is 2. The molecule has 6 nitrogen and oxygen atoms in total. The minimum Gasteiger partial charge on any atom is -0.494 e. The molecule has 1 aromatic carbocycles. The first kappa shape index (κ1) is 15.9. The third-order valence-corrected chi connectivity index (χ3v) is 3.59. The SMILES string of the molecule is COc1ccc(-c2cn(Cc3ccn(C)c(=O)c3)nn2)c(F)c1F. The molecule has 0 aliphatic heterocycles. The van der Waals surface area contributed by atoms with Crippen molar-refractivity contribution in [1.29, 1.82) is 0 Å². The van der Waals surface area contributed by atoms with Gasteiger partial charge in [-0.3, -0.25) is 4.79 Å².